The summed E-state index contributed by atoms with van der Waals surface area (Å²) in [5.74, 6) is 1.55. The van der Waals surface area contributed by atoms with E-state index in [4.69, 9.17) is 4.74 Å². The first kappa shape index (κ1) is 23.4. The molecule has 2 heteroatoms. The topological polar surface area (TPSA) is 33.0 Å². The van der Waals surface area contributed by atoms with Crippen LogP contribution in [0.2, 0.25) is 0 Å². The van der Waals surface area contributed by atoms with E-state index in [2.05, 4.69) is 68.4 Å². The Morgan fingerprint density at radius 2 is 1.42 bits per heavy atom. The minimum absolute atomic E-state index is 0.0635. The molecule has 3 rings (SSSR count). The molecule has 0 unspecified atom stereocenters. The Balaban J connectivity index is 1.54. The summed E-state index contributed by atoms with van der Waals surface area (Å²) in [5, 5.41) is 9.79. The zero-order chi connectivity index (χ0) is 21.9. The Labute approximate surface area is 189 Å². The van der Waals surface area contributed by atoms with Gasteiger partial charge < -0.3 is 4.74 Å². The van der Waals surface area contributed by atoms with Gasteiger partial charge in [0.1, 0.15) is 5.75 Å². The van der Waals surface area contributed by atoms with Gasteiger partial charge in [-0.2, -0.15) is 5.26 Å². The molecule has 2 aromatic rings. The summed E-state index contributed by atoms with van der Waals surface area (Å²) in [6.45, 7) is 5.24. The number of unbranched alkanes of at least 4 members (excludes halogenated alkanes) is 4. The number of nitriles is 1. The van der Waals surface area contributed by atoms with Crippen molar-refractivity contribution in [2.45, 2.75) is 90.4 Å². The van der Waals surface area contributed by atoms with E-state index in [0.717, 1.165) is 50.9 Å². The number of nitrogens with zero attached hydrogens (tertiary/aromatic N) is 1. The highest BCUT2D eigenvalue weighted by Gasteiger charge is 2.35. The van der Waals surface area contributed by atoms with Gasteiger partial charge in [-0.15, -0.1) is 0 Å². The molecule has 0 heterocycles. The second-order valence-corrected chi connectivity index (χ2v) is 9.33. The van der Waals surface area contributed by atoms with Gasteiger partial charge >= 0.3 is 0 Å². The molecule has 166 valence electrons. The molecule has 0 atom stereocenters. The van der Waals surface area contributed by atoms with Gasteiger partial charge in [-0.25, -0.2) is 0 Å². The van der Waals surface area contributed by atoms with Crippen molar-refractivity contribution in [1.82, 2.24) is 0 Å². The van der Waals surface area contributed by atoms with Gasteiger partial charge in [-0.3, -0.25) is 0 Å². The number of ether oxygens (including phenoxy) is 1. The van der Waals surface area contributed by atoms with E-state index in [1.807, 2.05) is 0 Å². The van der Waals surface area contributed by atoms with Crippen molar-refractivity contribution >= 4 is 0 Å². The number of hydrogen-bond donors (Lipinski definition) is 0. The molecule has 0 saturated heterocycles. The van der Waals surface area contributed by atoms with Crippen LogP contribution < -0.4 is 4.74 Å². The van der Waals surface area contributed by atoms with Gasteiger partial charge in [0.2, 0.25) is 0 Å². The van der Waals surface area contributed by atoms with Crippen LogP contribution in [0.25, 0.3) is 11.1 Å². The molecule has 0 bridgehead atoms. The largest absolute Gasteiger partial charge is 0.494 e. The Morgan fingerprint density at radius 3 is 2.00 bits per heavy atom. The maximum absolute atomic E-state index is 9.79. The first-order chi connectivity index (χ1) is 15.2. The highest BCUT2D eigenvalue weighted by atomic mass is 16.5. The molecule has 1 aliphatic carbocycles. The molecule has 1 fully saturated rings. The lowest BCUT2D eigenvalue weighted by Gasteiger charge is -2.35. The van der Waals surface area contributed by atoms with Crippen LogP contribution in [0, 0.1) is 16.7 Å². The maximum atomic E-state index is 9.79. The molecule has 31 heavy (non-hydrogen) atoms. The minimum atomic E-state index is -0.0635. The van der Waals surface area contributed by atoms with Crippen molar-refractivity contribution in [3.8, 4) is 22.9 Å². The lowest BCUT2D eigenvalue weighted by Crippen LogP contribution is -2.25. The zero-order valence-corrected chi connectivity index (χ0v) is 19.5. The van der Waals surface area contributed by atoms with Crippen LogP contribution >= 0.6 is 0 Å². The molecule has 0 aliphatic heterocycles. The van der Waals surface area contributed by atoms with Crippen LogP contribution in [-0.2, 0) is 0 Å². The van der Waals surface area contributed by atoms with E-state index in [9.17, 15) is 5.26 Å². The van der Waals surface area contributed by atoms with Gasteiger partial charge in [0, 0.05) is 0 Å². The first-order valence-corrected chi connectivity index (χ1v) is 12.4. The standard InChI is InChI=1S/C29H39NO/c1-3-5-7-19-29(23-30)20-17-27(18-21-29)25-11-9-24(10-12-25)26-13-15-28(16-14-26)31-22-8-6-4-2/h9-16,27H,3-8,17-22H2,1-2H3. The minimum Gasteiger partial charge on any atom is -0.494 e. The van der Waals surface area contributed by atoms with E-state index in [1.165, 1.54) is 48.8 Å². The average molecular weight is 418 g/mol. The normalized spacial score (nSPS) is 20.9. The molecule has 1 aliphatic rings. The molecule has 0 spiro atoms. The molecule has 2 aromatic carbocycles. The predicted octanol–water partition coefficient (Wildman–Crippen LogP) is 8.67. The number of benzene rings is 2. The van der Waals surface area contributed by atoms with Gasteiger partial charge in [0.25, 0.3) is 0 Å². The third-order valence-corrected chi connectivity index (χ3v) is 7.03. The molecule has 0 amide bonds. The fourth-order valence-corrected chi connectivity index (χ4v) is 4.87. The van der Waals surface area contributed by atoms with Gasteiger partial charge in [0.05, 0.1) is 18.1 Å². The number of hydrogen-bond acceptors (Lipinski definition) is 2. The Bertz CT molecular complexity index is 807. The smallest absolute Gasteiger partial charge is 0.119 e. The Morgan fingerprint density at radius 1 is 0.839 bits per heavy atom. The highest BCUT2D eigenvalue weighted by molar-refractivity contribution is 5.64. The van der Waals surface area contributed by atoms with E-state index >= 15 is 0 Å². The molecule has 1 saturated carbocycles. The zero-order valence-electron chi connectivity index (χ0n) is 19.5. The summed E-state index contributed by atoms with van der Waals surface area (Å²) in [4.78, 5) is 0. The monoisotopic (exact) mass is 417 g/mol. The number of rotatable bonds is 11. The Hall–Kier alpha value is -2.27. The maximum Gasteiger partial charge on any atom is 0.119 e. The van der Waals surface area contributed by atoms with Crippen LogP contribution in [0.1, 0.15) is 96.0 Å². The fourth-order valence-electron chi connectivity index (χ4n) is 4.87. The molecule has 2 nitrogen and oxygen atoms in total. The van der Waals surface area contributed by atoms with Crippen LogP contribution in [0.3, 0.4) is 0 Å². The van der Waals surface area contributed by atoms with Gasteiger partial charge in [0.15, 0.2) is 0 Å². The van der Waals surface area contributed by atoms with Crippen molar-refractivity contribution in [2.24, 2.45) is 5.41 Å². The van der Waals surface area contributed by atoms with Crippen LogP contribution in [0.4, 0.5) is 0 Å². The highest BCUT2D eigenvalue weighted by Crippen LogP contribution is 2.45. The fraction of sp³-hybridized carbons (Fsp3) is 0.552. The van der Waals surface area contributed by atoms with Crippen molar-refractivity contribution in [3.63, 3.8) is 0 Å². The summed E-state index contributed by atoms with van der Waals surface area (Å²) in [6.07, 6.45) is 12.7. The average Bonchev–Trinajstić information content (AvgIpc) is 2.83. The molecule has 0 aromatic heterocycles. The quantitative estimate of drug-likeness (QED) is 0.343. The van der Waals surface area contributed by atoms with E-state index in [1.54, 1.807) is 0 Å². The van der Waals surface area contributed by atoms with Gasteiger partial charge in [-0.05, 0) is 73.3 Å². The first-order valence-electron chi connectivity index (χ1n) is 12.4. The van der Waals surface area contributed by atoms with E-state index in [0.29, 0.717) is 5.92 Å². The van der Waals surface area contributed by atoms with Crippen LogP contribution in [-0.4, -0.2) is 6.61 Å². The van der Waals surface area contributed by atoms with Crippen LogP contribution in [0.15, 0.2) is 48.5 Å². The van der Waals surface area contributed by atoms with Crippen molar-refractivity contribution in [3.05, 3.63) is 54.1 Å². The third-order valence-electron chi connectivity index (χ3n) is 7.03. The lowest BCUT2D eigenvalue weighted by atomic mass is 9.67. The summed E-state index contributed by atoms with van der Waals surface area (Å²) in [7, 11) is 0. The van der Waals surface area contributed by atoms with Crippen LogP contribution in [0.5, 0.6) is 5.75 Å². The molecular weight excluding hydrogens is 378 g/mol. The lowest BCUT2D eigenvalue weighted by molar-refractivity contribution is 0.223. The summed E-state index contributed by atoms with van der Waals surface area (Å²) in [6, 6.07) is 20.3. The molecule has 0 N–H and O–H groups in total. The SMILES string of the molecule is CCCCCOc1ccc(-c2ccc(C3CCC(C#N)(CCCCC)CC3)cc2)cc1. The summed E-state index contributed by atoms with van der Waals surface area (Å²) < 4.78 is 5.83. The second-order valence-electron chi connectivity index (χ2n) is 9.33. The van der Waals surface area contributed by atoms with Crippen molar-refractivity contribution in [2.75, 3.05) is 6.61 Å². The third kappa shape index (κ3) is 6.60. The van der Waals surface area contributed by atoms with E-state index < -0.39 is 0 Å². The van der Waals surface area contributed by atoms with Gasteiger partial charge in [-0.1, -0.05) is 82.3 Å². The Kier molecular flexibility index (Phi) is 9.01. The molecule has 0 radical (unpaired) electrons. The second kappa shape index (κ2) is 11.9. The summed E-state index contributed by atoms with van der Waals surface area (Å²) in [5.41, 5.74) is 3.85. The predicted molar refractivity (Wildman–Crippen MR) is 130 cm³/mol. The van der Waals surface area contributed by atoms with E-state index in [-0.39, 0.29) is 5.41 Å². The molecular formula is C29H39NO. The van der Waals surface area contributed by atoms with Crippen molar-refractivity contribution < 1.29 is 4.74 Å². The van der Waals surface area contributed by atoms with Crippen molar-refractivity contribution in [1.29, 1.82) is 5.26 Å². The summed E-state index contributed by atoms with van der Waals surface area (Å²) >= 11 is 0.